The first-order chi connectivity index (χ1) is 10.1. The first-order valence-corrected chi connectivity index (χ1v) is 7.62. The second-order valence-electron chi connectivity index (χ2n) is 5.65. The molecular formula is C16H24N2O3. The van der Waals surface area contributed by atoms with E-state index >= 15 is 0 Å². The molecule has 0 spiro atoms. The van der Waals surface area contributed by atoms with Crippen molar-refractivity contribution in [2.24, 2.45) is 5.41 Å². The van der Waals surface area contributed by atoms with Gasteiger partial charge in [-0.05, 0) is 25.8 Å². The lowest BCUT2D eigenvalue weighted by Gasteiger charge is -2.22. The third-order valence-corrected chi connectivity index (χ3v) is 3.93. The number of ether oxygens (including phenoxy) is 2. The predicted octanol–water partition coefficient (Wildman–Crippen LogP) is 3.02. The molecule has 1 aliphatic carbocycles. The molecule has 0 aromatic carbocycles. The molecule has 0 saturated heterocycles. The van der Waals surface area contributed by atoms with Gasteiger partial charge in [0.15, 0.2) is 0 Å². The zero-order chi connectivity index (χ0) is 15.1. The number of aromatic nitrogens is 1. The second-order valence-corrected chi connectivity index (χ2v) is 5.65. The van der Waals surface area contributed by atoms with Gasteiger partial charge in [-0.3, -0.25) is 4.79 Å². The van der Waals surface area contributed by atoms with Gasteiger partial charge in [-0.2, -0.15) is 0 Å². The standard InChI is InChI=1S/C16H24N2O3/c1-3-20-10-11-21-14-7-6-13(12-17-14)18-15(19)16(2)8-4-5-9-16/h6-7,12H,3-5,8-11H2,1-2H3,(H,18,19). The van der Waals surface area contributed by atoms with Crippen LogP contribution in [0, 0.1) is 5.41 Å². The Kier molecular flexibility index (Phi) is 5.56. The largest absolute Gasteiger partial charge is 0.475 e. The van der Waals surface area contributed by atoms with E-state index in [-0.39, 0.29) is 11.3 Å². The number of pyridine rings is 1. The summed E-state index contributed by atoms with van der Waals surface area (Å²) in [7, 11) is 0. The Hall–Kier alpha value is -1.62. The van der Waals surface area contributed by atoms with Crippen LogP contribution in [0.3, 0.4) is 0 Å². The molecule has 0 radical (unpaired) electrons. The SMILES string of the molecule is CCOCCOc1ccc(NC(=O)C2(C)CCCC2)cn1. The van der Waals surface area contributed by atoms with Crippen LogP contribution >= 0.6 is 0 Å². The lowest BCUT2D eigenvalue weighted by molar-refractivity contribution is -0.124. The molecule has 1 fully saturated rings. The van der Waals surface area contributed by atoms with Crippen molar-refractivity contribution in [2.45, 2.75) is 39.5 Å². The van der Waals surface area contributed by atoms with E-state index in [1.807, 2.05) is 19.9 Å². The fourth-order valence-corrected chi connectivity index (χ4v) is 2.55. The Morgan fingerprint density at radius 3 is 2.71 bits per heavy atom. The Morgan fingerprint density at radius 2 is 2.10 bits per heavy atom. The number of carbonyl (C=O) groups excluding carboxylic acids is 1. The van der Waals surface area contributed by atoms with Crippen LogP contribution in [0.4, 0.5) is 5.69 Å². The number of rotatable bonds is 7. The van der Waals surface area contributed by atoms with Crippen LogP contribution in [-0.4, -0.2) is 30.7 Å². The first-order valence-electron chi connectivity index (χ1n) is 7.62. The summed E-state index contributed by atoms with van der Waals surface area (Å²) >= 11 is 0. The van der Waals surface area contributed by atoms with Crippen molar-refractivity contribution in [1.82, 2.24) is 4.98 Å². The summed E-state index contributed by atoms with van der Waals surface area (Å²) < 4.78 is 10.6. The van der Waals surface area contributed by atoms with Gasteiger partial charge < -0.3 is 14.8 Å². The highest BCUT2D eigenvalue weighted by Gasteiger charge is 2.36. The summed E-state index contributed by atoms with van der Waals surface area (Å²) in [6.45, 7) is 5.69. The minimum atomic E-state index is -0.230. The molecule has 0 unspecified atom stereocenters. The van der Waals surface area contributed by atoms with Gasteiger partial charge in [-0.25, -0.2) is 4.98 Å². The topological polar surface area (TPSA) is 60.5 Å². The third kappa shape index (κ3) is 4.43. The number of nitrogens with one attached hydrogen (secondary N) is 1. The van der Waals surface area contributed by atoms with E-state index in [9.17, 15) is 4.79 Å². The summed E-state index contributed by atoms with van der Waals surface area (Å²) in [5.74, 6) is 0.631. The lowest BCUT2D eigenvalue weighted by atomic mass is 9.88. The van der Waals surface area contributed by atoms with Gasteiger partial charge in [0.2, 0.25) is 11.8 Å². The molecule has 1 saturated carbocycles. The molecular weight excluding hydrogens is 268 g/mol. The quantitative estimate of drug-likeness (QED) is 0.785. The van der Waals surface area contributed by atoms with Crippen LogP contribution in [0.2, 0.25) is 0 Å². The van der Waals surface area contributed by atoms with Crippen molar-refractivity contribution in [2.75, 3.05) is 25.1 Å². The molecule has 0 aliphatic heterocycles. The second kappa shape index (κ2) is 7.41. The van der Waals surface area contributed by atoms with Crippen LogP contribution < -0.4 is 10.1 Å². The Labute approximate surface area is 126 Å². The van der Waals surface area contributed by atoms with Crippen molar-refractivity contribution in [3.05, 3.63) is 18.3 Å². The normalized spacial score (nSPS) is 16.7. The van der Waals surface area contributed by atoms with Crippen LogP contribution in [0.5, 0.6) is 5.88 Å². The highest BCUT2D eigenvalue weighted by molar-refractivity contribution is 5.95. The van der Waals surface area contributed by atoms with Crippen molar-refractivity contribution in [1.29, 1.82) is 0 Å². The van der Waals surface area contributed by atoms with Crippen LogP contribution in [-0.2, 0) is 9.53 Å². The van der Waals surface area contributed by atoms with E-state index in [4.69, 9.17) is 9.47 Å². The van der Waals surface area contributed by atoms with Gasteiger partial charge >= 0.3 is 0 Å². The van der Waals surface area contributed by atoms with Gasteiger partial charge in [0.25, 0.3) is 0 Å². The molecule has 116 valence electrons. The molecule has 5 heteroatoms. The van der Waals surface area contributed by atoms with Crippen LogP contribution in [0.1, 0.15) is 39.5 Å². The molecule has 0 bridgehead atoms. The molecule has 1 amide bonds. The molecule has 0 atom stereocenters. The van der Waals surface area contributed by atoms with E-state index in [0.29, 0.717) is 31.4 Å². The Morgan fingerprint density at radius 1 is 1.33 bits per heavy atom. The molecule has 1 heterocycles. The minimum Gasteiger partial charge on any atom is -0.475 e. The van der Waals surface area contributed by atoms with Gasteiger partial charge in [0, 0.05) is 18.1 Å². The fraction of sp³-hybridized carbons (Fsp3) is 0.625. The van der Waals surface area contributed by atoms with E-state index < -0.39 is 0 Å². The number of nitrogens with zero attached hydrogens (tertiary/aromatic N) is 1. The maximum absolute atomic E-state index is 12.3. The maximum atomic E-state index is 12.3. The molecule has 1 aromatic rings. The molecule has 1 aromatic heterocycles. The summed E-state index contributed by atoms with van der Waals surface area (Å²) in [5, 5.41) is 2.95. The van der Waals surface area contributed by atoms with Crippen molar-refractivity contribution >= 4 is 11.6 Å². The molecule has 5 nitrogen and oxygen atoms in total. The summed E-state index contributed by atoms with van der Waals surface area (Å²) in [5.41, 5.74) is 0.484. The summed E-state index contributed by atoms with van der Waals surface area (Å²) in [4.78, 5) is 16.5. The van der Waals surface area contributed by atoms with Crippen molar-refractivity contribution in [3.8, 4) is 5.88 Å². The van der Waals surface area contributed by atoms with E-state index in [1.165, 1.54) is 0 Å². The van der Waals surface area contributed by atoms with Gasteiger partial charge in [-0.15, -0.1) is 0 Å². The zero-order valence-electron chi connectivity index (χ0n) is 12.9. The van der Waals surface area contributed by atoms with Crippen molar-refractivity contribution < 1.29 is 14.3 Å². The third-order valence-electron chi connectivity index (χ3n) is 3.93. The average molecular weight is 292 g/mol. The monoisotopic (exact) mass is 292 g/mol. The lowest BCUT2D eigenvalue weighted by Crippen LogP contribution is -2.30. The molecule has 2 rings (SSSR count). The number of hydrogen-bond acceptors (Lipinski definition) is 4. The van der Waals surface area contributed by atoms with Gasteiger partial charge in [0.1, 0.15) is 6.61 Å². The number of carbonyl (C=O) groups is 1. The average Bonchev–Trinajstić information content (AvgIpc) is 2.93. The first kappa shape index (κ1) is 15.8. The van der Waals surface area contributed by atoms with Gasteiger partial charge in [-0.1, -0.05) is 19.8 Å². The summed E-state index contributed by atoms with van der Waals surface area (Å²) in [6.07, 6.45) is 5.82. The Balaban J connectivity index is 1.83. The number of hydrogen-bond donors (Lipinski definition) is 1. The number of anilines is 1. The van der Waals surface area contributed by atoms with E-state index in [0.717, 1.165) is 25.7 Å². The van der Waals surface area contributed by atoms with Crippen LogP contribution in [0.15, 0.2) is 18.3 Å². The smallest absolute Gasteiger partial charge is 0.230 e. The fourth-order valence-electron chi connectivity index (χ4n) is 2.55. The number of amides is 1. The van der Waals surface area contributed by atoms with E-state index in [2.05, 4.69) is 10.3 Å². The highest BCUT2D eigenvalue weighted by atomic mass is 16.5. The van der Waals surface area contributed by atoms with Crippen molar-refractivity contribution in [3.63, 3.8) is 0 Å². The van der Waals surface area contributed by atoms with Gasteiger partial charge in [0.05, 0.1) is 18.5 Å². The zero-order valence-corrected chi connectivity index (χ0v) is 12.9. The van der Waals surface area contributed by atoms with Crippen LogP contribution in [0.25, 0.3) is 0 Å². The Bertz CT molecular complexity index is 453. The molecule has 21 heavy (non-hydrogen) atoms. The van der Waals surface area contributed by atoms with E-state index in [1.54, 1.807) is 12.3 Å². The molecule has 1 N–H and O–H groups in total. The highest BCUT2D eigenvalue weighted by Crippen LogP contribution is 2.38. The maximum Gasteiger partial charge on any atom is 0.230 e. The molecule has 1 aliphatic rings. The minimum absolute atomic E-state index is 0.0896. The predicted molar refractivity (Wildman–Crippen MR) is 81.4 cm³/mol. The summed E-state index contributed by atoms with van der Waals surface area (Å²) in [6, 6.07) is 3.58.